The lowest BCUT2D eigenvalue weighted by molar-refractivity contribution is -0.136. The van der Waals surface area contributed by atoms with Gasteiger partial charge in [0.05, 0.1) is 19.3 Å². The zero-order valence-corrected chi connectivity index (χ0v) is 13.3. The van der Waals surface area contributed by atoms with Crippen molar-refractivity contribution < 1.29 is 14.3 Å². The lowest BCUT2D eigenvalue weighted by Crippen LogP contribution is -2.68. The average molecular weight is 369 g/mol. The van der Waals surface area contributed by atoms with Gasteiger partial charge in [0.1, 0.15) is 5.38 Å². The van der Waals surface area contributed by atoms with Gasteiger partial charge in [0.15, 0.2) is 11.6 Å². The van der Waals surface area contributed by atoms with Crippen molar-refractivity contribution >= 4 is 69.6 Å². The minimum Gasteiger partial charge on any atom is -0.379 e. The van der Waals surface area contributed by atoms with Crippen LogP contribution in [0.2, 0.25) is 0 Å². The molecule has 9 heteroatoms. The fraction of sp³-hybridized carbons (Fsp3) is 0.800. The summed E-state index contributed by atoms with van der Waals surface area (Å²) in [5.74, 6) is -1.43. The van der Waals surface area contributed by atoms with E-state index in [1.807, 2.05) is 0 Å². The summed E-state index contributed by atoms with van der Waals surface area (Å²) >= 11 is 29.5. The first-order chi connectivity index (χ1) is 8.71. The van der Waals surface area contributed by atoms with Crippen LogP contribution in [0.4, 0.5) is 0 Å². The maximum Gasteiger partial charge on any atom is 0.217 e. The van der Waals surface area contributed by atoms with Crippen LogP contribution in [-0.2, 0) is 14.3 Å². The maximum absolute atomic E-state index is 12.4. The number of rotatable bonds is 1. The average Bonchev–Trinajstić information content (AvgIpc) is 2.37. The molecule has 0 aromatic carbocycles. The fourth-order valence-electron chi connectivity index (χ4n) is 2.15. The van der Waals surface area contributed by atoms with Gasteiger partial charge in [-0.1, -0.05) is 46.4 Å². The zero-order chi connectivity index (χ0) is 14.4. The second kappa shape index (κ2) is 5.48. The summed E-state index contributed by atoms with van der Waals surface area (Å²) in [6.45, 7) is 1.78. The van der Waals surface area contributed by atoms with Crippen molar-refractivity contribution in [2.75, 3.05) is 26.3 Å². The smallest absolute Gasteiger partial charge is 0.217 e. The molecule has 0 aromatic rings. The third-order valence-corrected chi connectivity index (χ3v) is 5.95. The topological polar surface area (TPSA) is 46.6 Å². The normalized spacial score (nSPS) is 35.4. The number of halogens is 5. The van der Waals surface area contributed by atoms with E-state index < -0.39 is 31.7 Å². The number of ketones is 2. The molecule has 0 spiro atoms. The molecule has 1 heterocycles. The van der Waals surface area contributed by atoms with E-state index in [0.29, 0.717) is 26.3 Å². The van der Waals surface area contributed by atoms with Crippen LogP contribution in [0.25, 0.3) is 0 Å². The summed E-state index contributed by atoms with van der Waals surface area (Å²) < 4.78 is 0.713. The first-order valence-corrected chi connectivity index (χ1v) is 7.46. The highest BCUT2D eigenvalue weighted by Gasteiger charge is 2.67. The van der Waals surface area contributed by atoms with Gasteiger partial charge in [-0.25, -0.2) is 0 Å². The first-order valence-electron chi connectivity index (χ1n) is 5.51. The van der Waals surface area contributed by atoms with Gasteiger partial charge in [-0.15, -0.1) is 11.6 Å². The molecule has 1 saturated heterocycles. The number of carbonyl (C=O) groups excluding carboxylic acids is 2. The van der Waals surface area contributed by atoms with Gasteiger partial charge < -0.3 is 4.74 Å². The van der Waals surface area contributed by atoms with E-state index in [2.05, 4.69) is 0 Å². The Labute approximate surface area is 135 Å². The van der Waals surface area contributed by atoms with Gasteiger partial charge in [-0.05, 0) is 0 Å². The third kappa shape index (κ3) is 2.50. The largest absolute Gasteiger partial charge is 0.379 e. The molecule has 0 bridgehead atoms. The predicted octanol–water partition coefficient (Wildman–Crippen LogP) is 1.79. The number of alkyl halides is 5. The molecule has 1 saturated carbocycles. The fourth-order valence-corrected chi connectivity index (χ4v) is 3.53. The van der Waals surface area contributed by atoms with Gasteiger partial charge >= 0.3 is 0 Å². The second-order valence-electron chi connectivity index (χ2n) is 4.37. The van der Waals surface area contributed by atoms with Crippen LogP contribution in [0.1, 0.15) is 0 Å². The molecule has 4 nitrogen and oxygen atoms in total. The summed E-state index contributed by atoms with van der Waals surface area (Å²) in [4.78, 5) is 26.2. The van der Waals surface area contributed by atoms with Crippen molar-refractivity contribution in [1.29, 1.82) is 0 Å². The lowest BCUT2D eigenvalue weighted by atomic mass is 9.89. The Morgan fingerprint density at radius 3 is 2.00 bits per heavy atom. The van der Waals surface area contributed by atoms with Crippen LogP contribution in [0.3, 0.4) is 0 Å². The Hall–Kier alpha value is 0.710. The van der Waals surface area contributed by atoms with E-state index in [9.17, 15) is 9.59 Å². The zero-order valence-electron chi connectivity index (χ0n) is 9.54. The standard InChI is InChI=1S/C10H10Cl5NO3/c11-5-6(16-1-3-19-4-2-16)8(18)10(14,15)9(12,13)7(5)17/h5-6H,1-4H2/t5-,6+/m1/s1. The highest BCUT2D eigenvalue weighted by molar-refractivity contribution is 6.76. The maximum atomic E-state index is 12.4. The summed E-state index contributed by atoms with van der Waals surface area (Å²) in [5, 5.41) is -1.19. The Morgan fingerprint density at radius 2 is 1.47 bits per heavy atom. The molecule has 108 valence electrons. The Balaban J connectivity index is 2.34. The summed E-state index contributed by atoms with van der Waals surface area (Å²) in [7, 11) is 0. The molecule has 0 amide bonds. The van der Waals surface area contributed by atoms with E-state index in [1.54, 1.807) is 4.90 Å². The van der Waals surface area contributed by atoms with E-state index >= 15 is 0 Å². The van der Waals surface area contributed by atoms with Gasteiger partial charge in [-0.2, -0.15) is 0 Å². The first kappa shape index (κ1) is 16.1. The molecule has 0 aromatic heterocycles. The molecule has 0 unspecified atom stereocenters. The van der Waals surface area contributed by atoms with Crippen LogP contribution in [0, 0.1) is 0 Å². The number of morpholine rings is 1. The van der Waals surface area contributed by atoms with Crippen LogP contribution < -0.4 is 0 Å². The van der Waals surface area contributed by atoms with Crippen LogP contribution in [-0.4, -0.2) is 62.9 Å². The molecule has 1 aliphatic carbocycles. The van der Waals surface area contributed by atoms with E-state index in [1.165, 1.54) is 0 Å². The monoisotopic (exact) mass is 367 g/mol. The summed E-state index contributed by atoms with van der Waals surface area (Å²) in [6, 6.07) is -0.946. The van der Waals surface area contributed by atoms with E-state index in [0.717, 1.165) is 0 Å². The van der Waals surface area contributed by atoms with E-state index in [-0.39, 0.29) is 0 Å². The van der Waals surface area contributed by atoms with Gasteiger partial charge in [0.2, 0.25) is 8.67 Å². The van der Waals surface area contributed by atoms with Crippen LogP contribution >= 0.6 is 58.0 Å². The summed E-state index contributed by atoms with van der Waals surface area (Å²) in [6.07, 6.45) is 0. The lowest BCUT2D eigenvalue weighted by Gasteiger charge is -2.45. The molecule has 2 rings (SSSR count). The minimum absolute atomic E-state index is 0.437. The number of carbonyl (C=O) groups is 2. The summed E-state index contributed by atoms with van der Waals surface area (Å²) in [5.41, 5.74) is 0. The van der Waals surface area contributed by atoms with Crippen LogP contribution in [0.5, 0.6) is 0 Å². The quantitative estimate of drug-likeness (QED) is 0.661. The SMILES string of the molecule is O=C1[C@@H](N2CCOCC2)[C@@H](Cl)C(=O)C(Cl)(Cl)C1(Cl)Cl. The molecule has 19 heavy (non-hydrogen) atoms. The van der Waals surface area contributed by atoms with Gasteiger partial charge in [0.25, 0.3) is 0 Å². The number of ether oxygens (including phenoxy) is 1. The highest BCUT2D eigenvalue weighted by atomic mass is 35.5. The van der Waals surface area contributed by atoms with Gasteiger partial charge in [0, 0.05) is 13.1 Å². The number of hydrogen-bond acceptors (Lipinski definition) is 4. The number of nitrogens with zero attached hydrogens (tertiary/aromatic N) is 1. The van der Waals surface area contributed by atoms with Crippen LogP contribution in [0.15, 0.2) is 0 Å². The van der Waals surface area contributed by atoms with Crippen molar-refractivity contribution in [3.05, 3.63) is 0 Å². The minimum atomic E-state index is -2.25. The van der Waals surface area contributed by atoms with Gasteiger partial charge in [-0.3, -0.25) is 14.5 Å². The van der Waals surface area contributed by atoms with Crippen molar-refractivity contribution in [3.63, 3.8) is 0 Å². The van der Waals surface area contributed by atoms with E-state index in [4.69, 9.17) is 62.7 Å². The van der Waals surface area contributed by atoms with Crippen molar-refractivity contribution in [3.8, 4) is 0 Å². The van der Waals surface area contributed by atoms with Crippen molar-refractivity contribution in [2.24, 2.45) is 0 Å². The molecule has 2 atom stereocenters. The Kier molecular flexibility index (Phi) is 4.64. The Bertz CT molecular complexity index is 408. The highest BCUT2D eigenvalue weighted by Crippen LogP contribution is 2.50. The van der Waals surface area contributed by atoms with Crippen molar-refractivity contribution in [2.45, 2.75) is 20.1 Å². The van der Waals surface area contributed by atoms with Crippen molar-refractivity contribution in [1.82, 2.24) is 4.90 Å². The number of Topliss-reactive ketones (excluding diaryl/α,β-unsaturated/α-hetero) is 2. The Morgan fingerprint density at radius 1 is 1.00 bits per heavy atom. The molecule has 2 aliphatic rings. The molecular weight excluding hydrogens is 359 g/mol. The molecule has 1 aliphatic heterocycles. The second-order valence-corrected chi connectivity index (χ2v) is 7.50. The molecular formula is C10H10Cl5NO3. The number of hydrogen-bond donors (Lipinski definition) is 0. The molecule has 2 fully saturated rings. The molecule has 0 N–H and O–H groups in total. The predicted molar refractivity (Wildman–Crippen MR) is 74.7 cm³/mol. The third-order valence-electron chi connectivity index (χ3n) is 3.25. The molecule has 0 radical (unpaired) electrons.